The first-order valence-corrected chi connectivity index (χ1v) is 6.59. The maximum Gasteiger partial charge on any atom is 0.337 e. The van der Waals surface area contributed by atoms with Gasteiger partial charge in [0.25, 0.3) is 0 Å². The van der Waals surface area contributed by atoms with Crippen LogP contribution in [0.3, 0.4) is 0 Å². The summed E-state index contributed by atoms with van der Waals surface area (Å²) in [6, 6.07) is 13.4. The number of hydrogen-bond donors (Lipinski definition) is 3. The van der Waals surface area contributed by atoms with E-state index < -0.39 is 5.97 Å². The lowest BCUT2D eigenvalue weighted by Gasteiger charge is -2.30. The van der Waals surface area contributed by atoms with Gasteiger partial charge in [-0.2, -0.15) is 0 Å². The molecule has 0 heterocycles. The van der Waals surface area contributed by atoms with E-state index in [4.69, 9.17) is 10.8 Å². The van der Waals surface area contributed by atoms with Crippen LogP contribution < -0.4 is 11.1 Å². The van der Waals surface area contributed by atoms with Crippen molar-refractivity contribution in [2.75, 3.05) is 17.6 Å². The summed E-state index contributed by atoms with van der Waals surface area (Å²) >= 11 is 0. The minimum atomic E-state index is -0.998. The van der Waals surface area contributed by atoms with Crippen molar-refractivity contribution in [1.82, 2.24) is 0 Å². The molecular weight excluding hydrogens is 252 g/mol. The van der Waals surface area contributed by atoms with Crippen LogP contribution in [0.25, 0.3) is 0 Å². The molecule has 0 aliphatic heterocycles. The van der Waals surface area contributed by atoms with E-state index in [9.17, 15) is 4.79 Å². The lowest BCUT2D eigenvalue weighted by Crippen LogP contribution is -2.24. The van der Waals surface area contributed by atoms with E-state index >= 15 is 0 Å². The molecule has 0 spiro atoms. The number of carbonyl (C=O) groups is 1. The fraction of sp³-hybridized carbons (Fsp3) is 0.188. The minimum absolute atomic E-state index is 0.143. The second-order valence-electron chi connectivity index (χ2n) is 5.09. The Hall–Kier alpha value is -2.49. The molecule has 0 radical (unpaired) electrons. The monoisotopic (exact) mass is 268 g/mol. The van der Waals surface area contributed by atoms with E-state index in [2.05, 4.69) is 29.6 Å². The molecule has 0 saturated heterocycles. The van der Waals surface area contributed by atoms with E-state index in [-0.39, 0.29) is 11.3 Å². The molecule has 1 atom stereocenters. The molecule has 1 aliphatic carbocycles. The molecule has 4 nitrogen and oxygen atoms in total. The number of carboxylic acid groups (broad SMARTS) is 1. The zero-order valence-corrected chi connectivity index (χ0v) is 11.0. The summed E-state index contributed by atoms with van der Waals surface area (Å²) in [5, 5.41) is 12.3. The van der Waals surface area contributed by atoms with Crippen LogP contribution in [-0.2, 0) is 6.42 Å². The van der Waals surface area contributed by atoms with Crippen molar-refractivity contribution in [2.24, 2.45) is 0 Å². The van der Waals surface area contributed by atoms with Gasteiger partial charge >= 0.3 is 5.97 Å². The Morgan fingerprint density at radius 2 is 2.10 bits per heavy atom. The molecule has 2 aromatic rings. The van der Waals surface area contributed by atoms with Crippen LogP contribution in [-0.4, -0.2) is 17.6 Å². The summed E-state index contributed by atoms with van der Waals surface area (Å²) in [7, 11) is 0. The quantitative estimate of drug-likeness (QED) is 0.745. The summed E-state index contributed by atoms with van der Waals surface area (Å²) in [4.78, 5) is 10.9. The number of fused-ring (bicyclic) bond motifs is 1. The van der Waals surface area contributed by atoms with Crippen molar-refractivity contribution in [3.63, 3.8) is 0 Å². The summed E-state index contributed by atoms with van der Waals surface area (Å²) in [5.74, 6) is -0.478. The minimum Gasteiger partial charge on any atom is -0.478 e. The molecule has 0 amide bonds. The van der Waals surface area contributed by atoms with E-state index in [1.807, 2.05) is 0 Å². The van der Waals surface area contributed by atoms with Gasteiger partial charge in [0.15, 0.2) is 0 Å². The highest BCUT2D eigenvalue weighted by atomic mass is 16.4. The molecule has 20 heavy (non-hydrogen) atoms. The van der Waals surface area contributed by atoms with Gasteiger partial charge in [-0.25, -0.2) is 4.79 Å². The average molecular weight is 268 g/mol. The van der Waals surface area contributed by atoms with Gasteiger partial charge in [-0.1, -0.05) is 24.3 Å². The first kappa shape index (κ1) is 12.5. The predicted molar refractivity (Wildman–Crippen MR) is 79.2 cm³/mol. The molecule has 3 rings (SSSR count). The smallest absolute Gasteiger partial charge is 0.337 e. The number of benzene rings is 2. The molecule has 1 unspecified atom stereocenters. The van der Waals surface area contributed by atoms with Crippen LogP contribution in [0.15, 0.2) is 42.5 Å². The highest BCUT2D eigenvalue weighted by molar-refractivity contribution is 5.94. The SMILES string of the molecule is Nc1cc(NCC2Cc3ccccc32)ccc1C(=O)O. The van der Waals surface area contributed by atoms with E-state index in [0.29, 0.717) is 5.92 Å². The third kappa shape index (κ3) is 2.20. The van der Waals surface area contributed by atoms with Crippen molar-refractivity contribution in [3.8, 4) is 0 Å². The third-order valence-corrected chi connectivity index (χ3v) is 3.80. The second kappa shape index (κ2) is 4.89. The maximum atomic E-state index is 10.9. The van der Waals surface area contributed by atoms with Gasteiger partial charge in [0.2, 0.25) is 0 Å². The second-order valence-corrected chi connectivity index (χ2v) is 5.09. The molecule has 0 saturated carbocycles. The zero-order chi connectivity index (χ0) is 14.1. The van der Waals surface area contributed by atoms with Gasteiger partial charge in [-0.05, 0) is 35.7 Å². The molecular formula is C16H16N2O2. The number of nitrogen functional groups attached to an aromatic ring is 1. The zero-order valence-electron chi connectivity index (χ0n) is 11.0. The number of carboxylic acids is 1. The Balaban J connectivity index is 1.66. The van der Waals surface area contributed by atoms with Gasteiger partial charge in [-0.3, -0.25) is 0 Å². The maximum absolute atomic E-state index is 10.9. The number of hydrogen-bond acceptors (Lipinski definition) is 3. The average Bonchev–Trinajstić information content (AvgIpc) is 2.39. The van der Waals surface area contributed by atoms with Gasteiger partial charge in [-0.15, -0.1) is 0 Å². The van der Waals surface area contributed by atoms with Crippen LogP contribution >= 0.6 is 0 Å². The number of aromatic carboxylic acids is 1. The first-order chi connectivity index (χ1) is 9.65. The summed E-state index contributed by atoms with van der Waals surface area (Å²) in [6.07, 6.45) is 1.09. The molecule has 0 fully saturated rings. The van der Waals surface area contributed by atoms with Crippen molar-refractivity contribution in [2.45, 2.75) is 12.3 Å². The summed E-state index contributed by atoms with van der Waals surface area (Å²) < 4.78 is 0. The number of rotatable bonds is 4. The fourth-order valence-electron chi connectivity index (χ4n) is 2.65. The van der Waals surface area contributed by atoms with Gasteiger partial charge < -0.3 is 16.2 Å². The largest absolute Gasteiger partial charge is 0.478 e. The fourth-order valence-corrected chi connectivity index (χ4v) is 2.65. The standard InChI is InChI=1S/C16H16N2O2/c17-15-8-12(5-6-14(15)16(19)20)18-9-11-7-10-3-1-2-4-13(10)11/h1-6,8,11,18H,7,9,17H2,(H,19,20). The Kier molecular flexibility index (Phi) is 3.06. The molecule has 0 bridgehead atoms. The van der Waals surface area contributed by atoms with Gasteiger partial charge in [0, 0.05) is 23.8 Å². The summed E-state index contributed by atoms with van der Waals surface area (Å²) in [6.45, 7) is 0.836. The van der Waals surface area contributed by atoms with Crippen molar-refractivity contribution >= 4 is 17.3 Å². The van der Waals surface area contributed by atoms with Crippen LogP contribution in [0.4, 0.5) is 11.4 Å². The normalized spacial score (nSPS) is 16.1. The molecule has 0 aromatic heterocycles. The molecule has 4 heteroatoms. The molecule has 2 aromatic carbocycles. The number of nitrogens with two attached hydrogens (primary N) is 1. The van der Waals surface area contributed by atoms with Crippen molar-refractivity contribution in [3.05, 3.63) is 59.2 Å². The predicted octanol–water partition coefficient (Wildman–Crippen LogP) is 2.72. The lowest BCUT2D eigenvalue weighted by atomic mass is 9.77. The first-order valence-electron chi connectivity index (χ1n) is 6.59. The van der Waals surface area contributed by atoms with E-state index in [1.165, 1.54) is 17.2 Å². The number of nitrogens with one attached hydrogen (secondary N) is 1. The van der Waals surface area contributed by atoms with Crippen molar-refractivity contribution < 1.29 is 9.90 Å². The Labute approximate surface area is 117 Å². The third-order valence-electron chi connectivity index (χ3n) is 3.80. The van der Waals surface area contributed by atoms with E-state index in [0.717, 1.165) is 18.7 Å². The van der Waals surface area contributed by atoms with Crippen LogP contribution in [0.2, 0.25) is 0 Å². The molecule has 1 aliphatic rings. The number of anilines is 2. The van der Waals surface area contributed by atoms with E-state index in [1.54, 1.807) is 12.1 Å². The summed E-state index contributed by atoms with van der Waals surface area (Å²) in [5.41, 5.74) is 9.84. The van der Waals surface area contributed by atoms with Crippen LogP contribution in [0.1, 0.15) is 27.4 Å². The molecule has 102 valence electrons. The Morgan fingerprint density at radius 1 is 1.30 bits per heavy atom. The highest BCUT2D eigenvalue weighted by Gasteiger charge is 2.24. The molecule has 4 N–H and O–H groups in total. The van der Waals surface area contributed by atoms with Crippen LogP contribution in [0.5, 0.6) is 0 Å². The van der Waals surface area contributed by atoms with Gasteiger partial charge in [0.1, 0.15) is 0 Å². The van der Waals surface area contributed by atoms with Crippen LogP contribution in [0, 0.1) is 0 Å². The lowest BCUT2D eigenvalue weighted by molar-refractivity contribution is 0.0698. The topological polar surface area (TPSA) is 75.3 Å². The van der Waals surface area contributed by atoms with Crippen molar-refractivity contribution in [1.29, 1.82) is 0 Å². The Bertz CT molecular complexity index is 667. The van der Waals surface area contributed by atoms with Gasteiger partial charge in [0.05, 0.1) is 5.56 Å². The Morgan fingerprint density at radius 3 is 2.80 bits per heavy atom. The highest BCUT2D eigenvalue weighted by Crippen LogP contribution is 2.34.